The molecule has 19 heavy (non-hydrogen) atoms. The van der Waals surface area contributed by atoms with Crippen LogP contribution in [-0.2, 0) is 11.3 Å². The molecule has 1 aliphatic rings. The average Bonchev–Trinajstić information content (AvgIpc) is 2.34. The molecule has 0 aromatic heterocycles. The average molecular weight is 265 g/mol. The molecule has 1 heterocycles. The molecule has 0 saturated carbocycles. The van der Waals surface area contributed by atoms with Gasteiger partial charge >= 0.3 is 5.97 Å². The quantitative estimate of drug-likeness (QED) is 0.776. The Labute approximate surface area is 112 Å². The third-order valence-corrected chi connectivity index (χ3v) is 3.81. The van der Waals surface area contributed by atoms with Crippen molar-refractivity contribution in [1.82, 2.24) is 4.90 Å². The predicted molar refractivity (Wildman–Crippen MR) is 70.0 cm³/mol. The van der Waals surface area contributed by atoms with Gasteiger partial charge in [-0.05, 0) is 32.4 Å². The summed E-state index contributed by atoms with van der Waals surface area (Å²) < 4.78 is 0. The van der Waals surface area contributed by atoms with Gasteiger partial charge in [0.1, 0.15) is 11.5 Å². The lowest BCUT2D eigenvalue weighted by molar-refractivity contribution is -0.144. The van der Waals surface area contributed by atoms with Gasteiger partial charge in [-0.1, -0.05) is 6.07 Å². The van der Waals surface area contributed by atoms with Gasteiger partial charge < -0.3 is 15.3 Å². The minimum atomic E-state index is -0.723. The number of rotatable bonds is 3. The zero-order valence-electron chi connectivity index (χ0n) is 10.9. The summed E-state index contributed by atoms with van der Waals surface area (Å²) in [6.45, 7) is 3.28. The standard InChI is InChI=1S/C14H19NO4/c1-9-6-10(14(18)19)4-5-15(9)8-11-2-3-12(16)7-13(11)17/h2-3,7,9-10,16-17H,4-6,8H2,1H3,(H,18,19). The molecule has 0 aliphatic carbocycles. The van der Waals surface area contributed by atoms with E-state index in [1.807, 2.05) is 6.92 Å². The number of likely N-dealkylation sites (tertiary alicyclic amines) is 1. The lowest BCUT2D eigenvalue weighted by atomic mass is 9.91. The molecule has 5 nitrogen and oxygen atoms in total. The Morgan fingerprint density at radius 3 is 2.74 bits per heavy atom. The Balaban J connectivity index is 2.02. The largest absolute Gasteiger partial charge is 0.508 e. The highest BCUT2D eigenvalue weighted by atomic mass is 16.4. The second-order valence-electron chi connectivity index (χ2n) is 5.19. The fraction of sp³-hybridized carbons (Fsp3) is 0.500. The maximum atomic E-state index is 11.0. The summed E-state index contributed by atoms with van der Waals surface area (Å²) in [6, 6.07) is 4.73. The number of nitrogens with zero attached hydrogens (tertiary/aromatic N) is 1. The van der Waals surface area contributed by atoms with Crippen molar-refractivity contribution in [3.8, 4) is 11.5 Å². The van der Waals surface area contributed by atoms with E-state index in [0.29, 0.717) is 25.9 Å². The number of aromatic hydroxyl groups is 2. The molecule has 5 heteroatoms. The Morgan fingerprint density at radius 2 is 2.16 bits per heavy atom. The number of carbonyl (C=O) groups is 1. The molecule has 1 fully saturated rings. The zero-order valence-corrected chi connectivity index (χ0v) is 10.9. The first kappa shape index (κ1) is 13.7. The highest BCUT2D eigenvalue weighted by Gasteiger charge is 2.29. The van der Waals surface area contributed by atoms with Crippen LogP contribution in [0.15, 0.2) is 18.2 Å². The van der Waals surface area contributed by atoms with Gasteiger partial charge in [-0.3, -0.25) is 9.69 Å². The van der Waals surface area contributed by atoms with Gasteiger partial charge in [-0.15, -0.1) is 0 Å². The monoisotopic (exact) mass is 265 g/mol. The maximum absolute atomic E-state index is 11.0. The second kappa shape index (κ2) is 5.48. The molecular formula is C14H19NO4. The molecule has 3 N–H and O–H groups in total. The van der Waals surface area contributed by atoms with Crippen LogP contribution >= 0.6 is 0 Å². The lowest BCUT2D eigenvalue weighted by Crippen LogP contribution is -2.42. The van der Waals surface area contributed by atoms with Gasteiger partial charge in [-0.2, -0.15) is 0 Å². The molecule has 2 rings (SSSR count). The summed E-state index contributed by atoms with van der Waals surface area (Å²) in [6.07, 6.45) is 1.27. The first-order valence-corrected chi connectivity index (χ1v) is 6.45. The number of carboxylic acids is 1. The first-order chi connectivity index (χ1) is 8.97. The number of carboxylic acid groups (broad SMARTS) is 1. The van der Waals surface area contributed by atoms with Gasteiger partial charge in [-0.25, -0.2) is 0 Å². The third-order valence-electron chi connectivity index (χ3n) is 3.81. The van der Waals surface area contributed by atoms with Gasteiger partial charge in [0.15, 0.2) is 0 Å². The van der Waals surface area contributed by atoms with Gasteiger partial charge in [0.25, 0.3) is 0 Å². The Hall–Kier alpha value is -1.75. The molecule has 2 unspecified atom stereocenters. The molecule has 1 aromatic rings. The van der Waals surface area contributed by atoms with Crippen LogP contribution in [0.3, 0.4) is 0 Å². The van der Waals surface area contributed by atoms with E-state index in [0.717, 1.165) is 5.56 Å². The molecule has 0 amide bonds. The fourth-order valence-electron chi connectivity index (χ4n) is 2.58. The van der Waals surface area contributed by atoms with E-state index in [1.165, 1.54) is 6.07 Å². The first-order valence-electron chi connectivity index (χ1n) is 6.45. The van der Waals surface area contributed by atoms with Crippen molar-refractivity contribution in [2.75, 3.05) is 6.54 Å². The molecule has 1 aromatic carbocycles. The highest BCUT2D eigenvalue weighted by Crippen LogP contribution is 2.28. The van der Waals surface area contributed by atoms with Gasteiger partial charge in [0.05, 0.1) is 5.92 Å². The summed E-state index contributed by atoms with van der Waals surface area (Å²) in [7, 11) is 0. The highest BCUT2D eigenvalue weighted by molar-refractivity contribution is 5.70. The molecule has 1 aliphatic heterocycles. The Morgan fingerprint density at radius 1 is 1.42 bits per heavy atom. The smallest absolute Gasteiger partial charge is 0.306 e. The van der Waals surface area contributed by atoms with E-state index >= 15 is 0 Å². The number of piperidine rings is 1. The van der Waals surface area contributed by atoms with Gasteiger partial charge in [0, 0.05) is 24.2 Å². The predicted octanol–water partition coefficient (Wildman–Crippen LogP) is 1.78. The van der Waals surface area contributed by atoms with Crippen LogP contribution in [0.4, 0.5) is 0 Å². The summed E-state index contributed by atoms with van der Waals surface area (Å²) in [4.78, 5) is 13.1. The van der Waals surface area contributed by atoms with E-state index < -0.39 is 5.97 Å². The minimum absolute atomic E-state index is 0.0406. The van der Waals surface area contributed by atoms with Crippen molar-refractivity contribution in [2.45, 2.75) is 32.4 Å². The summed E-state index contributed by atoms with van der Waals surface area (Å²) in [5.74, 6) is -0.870. The Bertz CT molecular complexity index is 475. The van der Waals surface area contributed by atoms with Crippen LogP contribution in [0.1, 0.15) is 25.3 Å². The van der Waals surface area contributed by atoms with Crippen molar-refractivity contribution in [1.29, 1.82) is 0 Å². The molecule has 0 radical (unpaired) electrons. The van der Waals surface area contributed by atoms with Crippen molar-refractivity contribution in [3.05, 3.63) is 23.8 Å². The molecule has 0 spiro atoms. The zero-order chi connectivity index (χ0) is 14.0. The van der Waals surface area contributed by atoms with Crippen LogP contribution in [-0.4, -0.2) is 38.8 Å². The van der Waals surface area contributed by atoms with Crippen molar-refractivity contribution < 1.29 is 20.1 Å². The molecule has 2 atom stereocenters. The fourth-order valence-corrected chi connectivity index (χ4v) is 2.58. The number of hydrogen-bond donors (Lipinski definition) is 3. The topological polar surface area (TPSA) is 81.0 Å². The lowest BCUT2D eigenvalue weighted by Gasteiger charge is -2.36. The van der Waals surface area contributed by atoms with Crippen LogP contribution < -0.4 is 0 Å². The summed E-state index contributed by atoms with van der Waals surface area (Å²) >= 11 is 0. The number of hydrogen-bond acceptors (Lipinski definition) is 4. The number of aliphatic carboxylic acids is 1. The Kier molecular flexibility index (Phi) is 3.95. The van der Waals surface area contributed by atoms with Crippen molar-refractivity contribution in [2.24, 2.45) is 5.92 Å². The van der Waals surface area contributed by atoms with E-state index in [1.54, 1.807) is 12.1 Å². The van der Waals surface area contributed by atoms with E-state index in [9.17, 15) is 15.0 Å². The number of phenolic OH excluding ortho intramolecular Hbond substituents is 2. The molecule has 1 saturated heterocycles. The third kappa shape index (κ3) is 3.17. The molecule has 104 valence electrons. The van der Waals surface area contributed by atoms with Crippen molar-refractivity contribution in [3.63, 3.8) is 0 Å². The maximum Gasteiger partial charge on any atom is 0.306 e. The molecular weight excluding hydrogens is 246 g/mol. The van der Waals surface area contributed by atoms with E-state index in [2.05, 4.69) is 4.90 Å². The van der Waals surface area contributed by atoms with Crippen LogP contribution in [0.25, 0.3) is 0 Å². The minimum Gasteiger partial charge on any atom is -0.508 e. The van der Waals surface area contributed by atoms with Crippen LogP contribution in [0.5, 0.6) is 11.5 Å². The SMILES string of the molecule is CC1CC(C(=O)O)CCN1Cc1ccc(O)cc1O. The summed E-state index contributed by atoms with van der Waals surface area (Å²) in [5, 5.41) is 28.0. The normalized spacial score (nSPS) is 24.3. The number of benzene rings is 1. The van der Waals surface area contributed by atoms with E-state index in [4.69, 9.17) is 5.11 Å². The van der Waals surface area contributed by atoms with Crippen LogP contribution in [0.2, 0.25) is 0 Å². The molecule has 0 bridgehead atoms. The van der Waals surface area contributed by atoms with Crippen LogP contribution in [0, 0.1) is 5.92 Å². The second-order valence-corrected chi connectivity index (χ2v) is 5.19. The van der Waals surface area contributed by atoms with Crippen molar-refractivity contribution >= 4 is 5.97 Å². The summed E-state index contributed by atoms with van der Waals surface area (Å²) in [5.41, 5.74) is 0.749. The van der Waals surface area contributed by atoms with E-state index in [-0.39, 0.29) is 23.5 Å². The number of phenols is 2. The van der Waals surface area contributed by atoms with Gasteiger partial charge in [0.2, 0.25) is 0 Å².